The van der Waals surface area contributed by atoms with Gasteiger partial charge < -0.3 is 14.8 Å². The first-order valence-electron chi connectivity index (χ1n) is 7.66. The van der Waals surface area contributed by atoms with E-state index in [4.69, 9.17) is 9.47 Å². The first-order valence-corrected chi connectivity index (χ1v) is 9.14. The number of carbonyl (C=O) groups excluding carboxylic acids is 1. The number of para-hydroxylation sites is 1. The molecule has 0 saturated carbocycles. The number of hydrogen-bond donors (Lipinski definition) is 2. The molecule has 0 aliphatic heterocycles. The minimum atomic E-state index is -4.02. The summed E-state index contributed by atoms with van der Waals surface area (Å²) in [6.07, 6.45) is 1.53. The number of rotatable bonds is 8. The van der Waals surface area contributed by atoms with Crippen LogP contribution in [0.1, 0.15) is 10.4 Å². The van der Waals surface area contributed by atoms with Crippen molar-refractivity contribution in [2.24, 2.45) is 0 Å². The van der Waals surface area contributed by atoms with Gasteiger partial charge in [0.1, 0.15) is 16.4 Å². The highest BCUT2D eigenvalue weighted by atomic mass is 32.2. The molecule has 26 heavy (non-hydrogen) atoms. The molecule has 138 valence electrons. The monoisotopic (exact) mass is 376 g/mol. The van der Waals surface area contributed by atoms with Gasteiger partial charge in [-0.05, 0) is 24.3 Å². The lowest BCUT2D eigenvalue weighted by atomic mass is 10.1. The van der Waals surface area contributed by atoms with E-state index in [1.165, 1.54) is 44.6 Å². The molecule has 0 bridgehead atoms. The SMILES string of the molecule is C=CCNC(=O)c1ccccc1NS(=O)(=O)c1cc(OC)ccc1OC. The molecule has 2 N–H and O–H groups in total. The predicted molar refractivity (Wildman–Crippen MR) is 99.3 cm³/mol. The zero-order valence-electron chi connectivity index (χ0n) is 14.5. The fraction of sp³-hybridized carbons (Fsp3) is 0.167. The van der Waals surface area contributed by atoms with Crippen LogP contribution in [0.3, 0.4) is 0 Å². The van der Waals surface area contributed by atoms with Crippen LogP contribution >= 0.6 is 0 Å². The van der Waals surface area contributed by atoms with E-state index < -0.39 is 15.9 Å². The number of benzene rings is 2. The summed E-state index contributed by atoms with van der Waals surface area (Å²) in [4.78, 5) is 12.1. The van der Waals surface area contributed by atoms with Crippen molar-refractivity contribution < 1.29 is 22.7 Å². The molecule has 0 aliphatic carbocycles. The number of ether oxygens (including phenoxy) is 2. The Morgan fingerprint density at radius 2 is 1.88 bits per heavy atom. The summed E-state index contributed by atoms with van der Waals surface area (Å²) in [5, 5.41) is 2.62. The second-order valence-corrected chi connectivity index (χ2v) is 6.82. The molecule has 2 rings (SSSR count). The van der Waals surface area contributed by atoms with Crippen molar-refractivity contribution in [3.63, 3.8) is 0 Å². The highest BCUT2D eigenvalue weighted by Gasteiger charge is 2.23. The van der Waals surface area contributed by atoms with Crippen molar-refractivity contribution in [1.82, 2.24) is 5.32 Å². The van der Waals surface area contributed by atoms with Gasteiger partial charge in [-0.1, -0.05) is 18.2 Å². The van der Waals surface area contributed by atoms with Crippen LogP contribution in [0.5, 0.6) is 11.5 Å². The van der Waals surface area contributed by atoms with Crippen molar-refractivity contribution >= 4 is 21.6 Å². The maximum Gasteiger partial charge on any atom is 0.265 e. The van der Waals surface area contributed by atoms with Gasteiger partial charge in [0.05, 0.1) is 25.5 Å². The second-order valence-electron chi connectivity index (χ2n) is 5.17. The van der Waals surface area contributed by atoms with Gasteiger partial charge in [0.25, 0.3) is 15.9 Å². The Kier molecular flexibility index (Phi) is 6.24. The highest BCUT2D eigenvalue weighted by Crippen LogP contribution is 2.30. The van der Waals surface area contributed by atoms with E-state index in [9.17, 15) is 13.2 Å². The molecule has 0 heterocycles. The third-order valence-corrected chi connectivity index (χ3v) is 4.87. The summed E-state index contributed by atoms with van der Waals surface area (Å²) in [7, 11) is -1.21. The van der Waals surface area contributed by atoms with E-state index in [1.54, 1.807) is 18.2 Å². The van der Waals surface area contributed by atoms with Crippen LogP contribution in [0.4, 0.5) is 5.69 Å². The summed E-state index contributed by atoms with van der Waals surface area (Å²) in [5.74, 6) is 0.107. The molecule has 7 nitrogen and oxygen atoms in total. The van der Waals surface area contributed by atoms with Crippen LogP contribution in [-0.4, -0.2) is 35.1 Å². The average molecular weight is 376 g/mol. The topological polar surface area (TPSA) is 93.7 Å². The fourth-order valence-electron chi connectivity index (χ4n) is 2.22. The molecule has 0 aliphatic rings. The number of hydrogen-bond acceptors (Lipinski definition) is 5. The summed E-state index contributed by atoms with van der Waals surface area (Å²) < 4.78 is 38.3. The molecule has 0 radical (unpaired) electrons. The second kappa shape index (κ2) is 8.39. The minimum Gasteiger partial charge on any atom is -0.497 e. The van der Waals surface area contributed by atoms with E-state index in [-0.39, 0.29) is 28.4 Å². The normalized spacial score (nSPS) is 10.7. The Hall–Kier alpha value is -3.00. The van der Waals surface area contributed by atoms with Gasteiger partial charge in [0, 0.05) is 12.6 Å². The van der Waals surface area contributed by atoms with Crippen LogP contribution in [-0.2, 0) is 10.0 Å². The van der Waals surface area contributed by atoms with E-state index in [2.05, 4.69) is 16.6 Å². The number of anilines is 1. The molecule has 0 fully saturated rings. The first kappa shape index (κ1) is 19.3. The molecule has 0 atom stereocenters. The van der Waals surface area contributed by atoms with Gasteiger partial charge in [0.2, 0.25) is 0 Å². The van der Waals surface area contributed by atoms with Gasteiger partial charge in [-0.3, -0.25) is 9.52 Å². The third-order valence-electron chi connectivity index (χ3n) is 3.48. The number of amides is 1. The Morgan fingerprint density at radius 3 is 2.54 bits per heavy atom. The lowest BCUT2D eigenvalue weighted by molar-refractivity contribution is 0.0959. The molecule has 2 aromatic carbocycles. The molecular formula is C18H20N2O5S. The number of carbonyl (C=O) groups is 1. The van der Waals surface area contributed by atoms with E-state index in [0.29, 0.717) is 5.75 Å². The van der Waals surface area contributed by atoms with Crippen LogP contribution in [0.25, 0.3) is 0 Å². The van der Waals surface area contributed by atoms with Crippen LogP contribution in [0.15, 0.2) is 60.0 Å². The van der Waals surface area contributed by atoms with Gasteiger partial charge in [0.15, 0.2) is 0 Å². The Balaban J connectivity index is 2.42. The third kappa shape index (κ3) is 4.34. The lowest BCUT2D eigenvalue weighted by Gasteiger charge is -2.15. The molecule has 8 heteroatoms. The Bertz CT molecular complexity index is 910. The van der Waals surface area contributed by atoms with Crippen molar-refractivity contribution in [2.45, 2.75) is 4.90 Å². The van der Waals surface area contributed by atoms with Crippen LogP contribution in [0, 0.1) is 0 Å². The van der Waals surface area contributed by atoms with Crippen molar-refractivity contribution in [2.75, 3.05) is 25.5 Å². The average Bonchev–Trinajstić information content (AvgIpc) is 2.65. The fourth-order valence-corrected chi connectivity index (χ4v) is 3.49. The number of nitrogens with one attached hydrogen (secondary N) is 2. The Labute approximate surface area is 152 Å². The summed E-state index contributed by atoms with van der Waals surface area (Å²) in [5.41, 5.74) is 0.346. The van der Waals surface area contributed by atoms with Crippen molar-refractivity contribution in [3.8, 4) is 11.5 Å². The standard InChI is InChI=1S/C18H20N2O5S/c1-4-11-19-18(21)14-7-5-6-8-15(14)20-26(22,23)17-12-13(24-2)9-10-16(17)25-3/h4-10,12,20H,1,11H2,2-3H3,(H,19,21). The molecular weight excluding hydrogens is 356 g/mol. The smallest absolute Gasteiger partial charge is 0.265 e. The molecule has 2 aromatic rings. The van der Waals surface area contributed by atoms with E-state index in [0.717, 1.165) is 0 Å². The maximum absolute atomic E-state index is 12.8. The predicted octanol–water partition coefficient (Wildman–Crippen LogP) is 2.42. The zero-order valence-corrected chi connectivity index (χ0v) is 15.3. The summed E-state index contributed by atoms with van der Waals surface area (Å²) in [6.45, 7) is 3.80. The first-order chi connectivity index (χ1) is 12.4. The zero-order chi connectivity index (χ0) is 19.2. The van der Waals surface area contributed by atoms with Crippen molar-refractivity contribution in [3.05, 3.63) is 60.7 Å². The largest absolute Gasteiger partial charge is 0.497 e. The van der Waals surface area contributed by atoms with E-state index in [1.807, 2.05) is 0 Å². The lowest BCUT2D eigenvalue weighted by Crippen LogP contribution is -2.25. The maximum atomic E-state index is 12.8. The minimum absolute atomic E-state index is 0.0966. The number of sulfonamides is 1. The quantitative estimate of drug-likeness (QED) is 0.690. The molecule has 0 spiro atoms. The Morgan fingerprint density at radius 1 is 1.15 bits per heavy atom. The van der Waals surface area contributed by atoms with E-state index >= 15 is 0 Å². The summed E-state index contributed by atoms with van der Waals surface area (Å²) in [6, 6.07) is 10.7. The van der Waals surface area contributed by atoms with Gasteiger partial charge >= 0.3 is 0 Å². The van der Waals surface area contributed by atoms with Gasteiger partial charge in [-0.25, -0.2) is 8.42 Å². The van der Waals surface area contributed by atoms with Crippen LogP contribution < -0.4 is 19.5 Å². The van der Waals surface area contributed by atoms with Crippen molar-refractivity contribution in [1.29, 1.82) is 0 Å². The van der Waals surface area contributed by atoms with Gasteiger partial charge in [-0.2, -0.15) is 0 Å². The molecule has 0 aromatic heterocycles. The van der Waals surface area contributed by atoms with Crippen LogP contribution in [0.2, 0.25) is 0 Å². The molecule has 0 unspecified atom stereocenters. The molecule has 1 amide bonds. The summed E-state index contributed by atoms with van der Waals surface area (Å²) >= 11 is 0. The highest BCUT2D eigenvalue weighted by molar-refractivity contribution is 7.92. The molecule has 0 saturated heterocycles. The van der Waals surface area contributed by atoms with Gasteiger partial charge in [-0.15, -0.1) is 6.58 Å². The number of methoxy groups -OCH3 is 2.